The molecule has 0 radical (unpaired) electrons. The molecule has 3 N–H and O–H groups in total. The average Bonchev–Trinajstić information content (AvgIpc) is 2.24. The summed E-state index contributed by atoms with van der Waals surface area (Å²) in [5.41, 5.74) is 0. The van der Waals surface area contributed by atoms with E-state index in [-0.39, 0.29) is 17.9 Å². The van der Waals surface area contributed by atoms with E-state index in [1.54, 1.807) is 0 Å². The first-order chi connectivity index (χ1) is 7.92. The van der Waals surface area contributed by atoms with Crippen LogP contribution in [0.3, 0.4) is 0 Å². The first-order valence-corrected chi connectivity index (χ1v) is 6.17. The number of nitrogens with one attached hydrogen (secondary N) is 2. The maximum atomic E-state index is 11.6. The molecule has 0 aliphatic carbocycles. The van der Waals surface area contributed by atoms with Crippen LogP contribution in [0.15, 0.2) is 0 Å². The second-order valence-electron chi connectivity index (χ2n) is 4.43. The Morgan fingerprint density at radius 2 is 1.82 bits per heavy atom. The molecular weight excluding hydrogens is 220 g/mol. The average molecular weight is 244 g/mol. The summed E-state index contributed by atoms with van der Waals surface area (Å²) in [6, 6.07) is -0.729. The van der Waals surface area contributed by atoms with Crippen molar-refractivity contribution in [3.8, 4) is 0 Å². The van der Waals surface area contributed by atoms with E-state index in [9.17, 15) is 9.59 Å². The fourth-order valence-corrected chi connectivity index (χ4v) is 1.61. The predicted octanol–water partition coefficient (Wildman–Crippen LogP) is 0.990. The van der Waals surface area contributed by atoms with Crippen LogP contribution >= 0.6 is 0 Å². The number of carboxylic acids is 1. The Hall–Kier alpha value is -1.10. The monoisotopic (exact) mass is 244 g/mol. The zero-order chi connectivity index (χ0) is 13.4. The highest BCUT2D eigenvalue weighted by molar-refractivity contribution is 5.84. The quantitative estimate of drug-likeness (QED) is 0.595. The number of amides is 1. The molecular formula is C12H24N2O3. The molecule has 17 heavy (non-hydrogen) atoms. The van der Waals surface area contributed by atoms with Gasteiger partial charge in [0.05, 0.1) is 0 Å². The van der Waals surface area contributed by atoms with Gasteiger partial charge in [0.2, 0.25) is 5.91 Å². The largest absolute Gasteiger partial charge is 0.480 e. The van der Waals surface area contributed by atoms with Crippen molar-refractivity contribution in [2.24, 2.45) is 5.92 Å². The second kappa shape index (κ2) is 8.06. The second-order valence-corrected chi connectivity index (χ2v) is 4.43. The highest BCUT2D eigenvalue weighted by atomic mass is 16.4. The normalized spacial score (nSPS) is 16.0. The topological polar surface area (TPSA) is 78.4 Å². The van der Waals surface area contributed by atoms with Crippen LogP contribution in [0.25, 0.3) is 0 Å². The number of hydrogen-bond acceptors (Lipinski definition) is 3. The molecule has 3 atom stereocenters. The molecule has 0 aromatic rings. The first kappa shape index (κ1) is 15.9. The minimum absolute atomic E-state index is 0.0615. The van der Waals surface area contributed by atoms with Crippen LogP contribution in [0.5, 0.6) is 0 Å². The lowest BCUT2D eigenvalue weighted by Crippen LogP contribution is -2.46. The summed E-state index contributed by atoms with van der Waals surface area (Å²) in [4.78, 5) is 22.7. The molecule has 0 heterocycles. The number of carboxylic acid groups (broad SMARTS) is 1. The van der Waals surface area contributed by atoms with Crippen LogP contribution in [0.4, 0.5) is 0 Å². The van der Waals surface area contributed by atoms with Crippen molar-refractivity contribution < 1.29 is 14.7 Å². The van der Waals surface area contributed by atoms with Gasteiger partial charge in [-0.25, -0.2) is 4.79 Å². The zero-order valence-corrected chi connectivity index (χ0v) is 11.1. The summed E-state index contributed by atoms with van der Waals surface area (Å²) in [5.74, 6) is -1.25. The van der Waals surface area contributed by atoms with Crippen molar-refractivity contribution in [2.45, 2.75) is 52.6 Å². The zero-order valence-electron chi connectivity index (χ0n) is 11.1. The van der Waals surface area contributed by atoms with Crippen molar-refractivity contribution in [1.82, 2.24) is 10.6 Å². The molecule has 0 spiro atoms. The Morgan fingerprint density at radius 3 is 2.24 bits per heavy atom. The summed E-state index contributed by atoms with van der Waals surface area (Å²) in [6.45, 7) is 8.40. The molecule has 0 rings (SSSR count). The summed E-state index contributed by atoms with van der Waals surface area (Å²) in [5, 5.41) is 14.7. The van der Waals surface area contributed by atoms with E-state index in [2.05, 4.69) is 10.6 Å². The van der Waals surface area contributed by atoms with Gasteiger partial charge >= 0.3 is 5.97 Å². The van der Waals surface area contributed by atoms with Crippen molar-refractivity contribution in [3.63, 3.8) is 0 Å². The lowest BCUT2D eigenvalue weighted by molar-refractivity contribution is -0.143. The molecule has 2 unspecified atom stereocenters. The molecule has 0 bridgehead atoms. The summed E-state index contributed by atoms with van der Waals surface area (Å²) >= 11 is 0. The molecule has 100 valence electrons. The fraction of sp³-hybridized carbons (Fsp3) is 0.833. The molecule has 5 heteroatoms. The number of rotatable bonds is 8. The van der Waals surface area contributed by atoms with Crippen LogP contribution in [0, 0.1) is 5.92 Å². The van der Waals surface area contributed by atoms with E-state index in [0.717, 1.165) is 13.0 Å². The van der Waals surface area contributed by atoms with Crippen LogP contribution in [-0.2, 0) is 9.59 Å². The summed E-state index contributed by atoms with van der Waals surface area (Å²) in [7, 11) is 0. The lowest BCUT2D eigenvalue weighted by Gasteiger charge is -2.21. The maximum absolute atomic E-state index is 11.6. The Morgan fingerprint density at radius 1 is 1.24 bits per heavy atom. The molecule has 0 saturated carbocycles. The Bertz CT molecular complexity index is 256. The predicted molar refractivity (Wildman–Crippen MR) is 66.8 cm³/mol. The van der Waals surface area contributed by atoms with Crippen LogP contribution in [0.2, 0.25) is 0 Å². The van der Waals surface area contributed by atoms with Gasteiger partial charge in [-0.1, -0.05) is 27.2 Å². The number of aliphatic carboxylic acids is 1. The van der Waals surface area contributed by atoms with E-state index in [4.69, 9.17) is 5.11 Å². The van der Waals surface area contributed by atoms with Crippen molar-refractivity contribution in [2.75, 3.05) is 6.54 Å². The van der Waals surface area contributed by atoms with Gasteiger partial charge in [0.1, 0.15) is 6.04 Å². The van der Waals surface area contributed by atoms with Gasteiger partial charge in [-0.3, -0.25) is 4.79 Å². The fourth-order valence-electron chi connectivity index (χ4n) is 1.61. The molecule has 0 aliphatic heterocycles. The van der Waals surface area contributed by atoms with Gasteiger partial charge < -0.3 is 15.7 Å². The number of hydrogen-bond donors (Lipinski definition) is 3. The van der Waals surface area contributed by atoms with Crippen LogP contribution in [-0.4, -0.2) is 35.6 Å². The highest BCUT2D eigenvalue weighted by Crippen LogP contribution is 2.08. The van der Waals surface area contributed by atoms with Crippen molar-refractivity contribution >= 4 is 11.9 Å². The number of carbonyl (C=O) groups is 2. The van der Waals surface area contributed by atoms with E-state index < -0.39 is 12.0 Å². The summed E-state index contributed by atoms with van der Waals surface area (Å²) in [6.07, 6.45) is 1.02. The molecule has 5 nitrogen and oxygen atoms in total. The lowest BCUT2D eigenvalue weighted by atomic mass is 9.99. The molecule has 0 aliphatic rings. The third-order valence-electron chi connectivity index (χ3n) is 2.84. The summed E-state index contributed by atoms with van der Waals surface area (Å²) < 4.78 is 0. The van der Waals surface area contributed by atoms with Gasteiger partial charge in [0.15, 0.2) is 0 Å². The SMILES string of the molecule is CCNC(C)CC(=O)N[C@H](C(=O)O)C(C)CC. The van der Waals surface area contributed by atoms with E-state index in [1.807, 2.05) is 27.7 Å². The van der Waals surface area contributed by atoms with Gasteiger partial charge in [-0.05, 0) is 19.4 Å². The first-order valence-electron chi connectivity index (χ1n) is 6.17. The standard InChI is InChI=1S/C12H24N2O3/c1-5-8(3)11(12(16)17)14-10(15)7-9(4)13-6-2/h8-9,11,13H,5-7H2,1-4H3,(H,14,15)(H,16,17)/t8?,9?,11-/m0/s1. The highest BCUT2D eigenvalue weighted by Gasteiger charge is 2.25. The molecule has 0 fully saturated rings. The third kappa shape index (κ3) is 6.26. The van der Waals surface area contributed by atoms with Gasteiger partial charge in [-0.2, -0.15) is 0 Å². The molecule has 0 saturated heterocycles. The van der Waals surface area contributed by atoms with E-state index in [0.29, 0.717) is 6.42 Å². The van der Waals surface area contributed by atoms with Gasteiger partial charge in [-0.15, -0.1) is 0 Å². The maximum Gasteiger partial charge on any atom is 0.326 e. The Balaban J connectivity index is 4.27. The molecule has 0 aromatic heterocycles. The molecule has 1 amide bonds. The minimum atomic E-state index is -0.969. The van der Waals surface area contributed by atoms with Crippen molar-refractivity contribution in [3.05, 3.63) is 0 Å². The minimum Gasteiger partial charge on any atom is -0.480 e. The molecule has 0 aromatic carbocycles. The van der Waals surface area contributed by atoms with Gasteiger partial charge in [0, 0.05) is 12.5 Å². The smallest absolute Gasteiger partial charge is 0.326 e. The van der Waals surface area contributed by atoms with E-state index >= 15 is 0 Å². The van der Waals surface area contributed by atoms with E-state index in [1.165, 1.54) is 0 Å². The Labute approximate surface area is 103 Å². The van der Waals surface area contributed by atoms with Crippen molar-refractivity contribution in [1.29, 1.82) is 0 Å². The third-order valence-corrected chi connectivity index (χ3v) is 2.84. The number of carbonyl (C=O) groups excluding carboxylic acids is 1. The van der Waals surface area contributed by atoms with Crippen LogP contribution < -0.4 is 10.6 Å². The Kier molecular flexibility index (Phi) is 7.54. The van der Waals surface area contributed by atoms with Gasteiger partial charge in [0.25, 0.3) is 0 Å². The van der Waals surface area contributed by atoms with Crippen LogP contribution in [0.1, 0.15) is 40.5 Å².